The summed E-state index contributed by atoms with van der Waals surface area (Å²) in [6.07, 6.45) is 20.2. The lowest BCUT2D eigenvalue weighted by Gasteiger charge is -2.72. The number of carboxylic acids is 1. The van der Waals surface area contributed by atoms with E-state index in [9.17, 15) is 29.4 Å². The zero-order chi connectivity index (χ0) is 61.0. The molecular weight excluding hydrogens is 1050 g/mol. The lowest BCUT2D eigenvalue weighted by molar-refractivity contribution is -0.252. The van der Waals surface area contributed by atoms with Crippen molar-refractivity contribution >= 4 is 35.4 Å². The summed E-state index contributed by atoms with van der Waals surface area (Å²) in [6.45, 7) is 41.8. The molecule has 10 aliphatic rings. The number of benzene rings is 1. The number of ether oxygens (including phenoxy) is 2. The summed E-state index contributed by atoms with van der Waals surface area (Å²) >= 11 is 0. The number of rotatable bonds is 10. The third-order valence-electron chi connectivity index (χ3n) is 29.7. The Bertz CT molecular complexity index is 2960. The van der Waals surface area contributed by atoms with Crippen LogP contribution in [-0.4, -0.2) is 68.6 Å². The number of hydrogen-bond acceptors (Lipinski definition) is 10. The van der Waals surface area contributed by atoms with Crippen molar-refractivity contribution in [3.63, 3.8) is 0 Å². The van der Waals surface area contributed by atoms with Gasteiger partial charge in [-0.3, -0.25) is 14.4 Å². The number of fused-ring (bicyclic) bond motifs is 15. The van der Waals surface area contributed by atoms with Crippen molar-refractivity contribution < 1.29 is 43.7 Å². The van der Waals surface area contributed by atoms with Crippen LogP contribution in [0, 0.1) is 119 Å². The van der Waals surface area contributed by atoms with Gasteiger partial charge in [0.2, 0.25) is 0 Å². The van der Waals surface area contributed by atoms with Crippen LogP contribution >= 0.6 is 0 Å². The number of aliphatic hydroxyl groups excluding tert-OH is 1. The molecule has 0 radical (unpaired) electrons. The molecule has 0 saturated heterocycles. The average Bonchev–Trinajstić information content (AvgIpc) is 0.979. The minimum absolute atomic E-state index is 0.00734. The number of carbonyl (C=O) groups excluding carboxylic acids is 3. The first-order valence-corrected chi connectivity index (χ1v) is 33.2. The molecule has 12 nitrogen and oxygen atoms in total. The Balaban J connectivity index is 0.000000192. The van der Waals surface area contributed by atoms with Gasteiger partial charge in [-0.2, -0.15) is 0 Å². The lowest BCUT2D eigenvalue weighted by atomic mass is 9.32. The highest BCUT2D eigenvalue weighted by atomic mass is 16.7. The SMILES string of the molecule is C=C(C)[C@@H]1CC[C@]2(C(=O)O)CC[C@]3(C)[C@H](CC[C@@H]4[C@@]5(C)CC[C@H](O)C(C)(C)[C@@H]5CC[C@]43C)[C@@H]12.C=C(C)[C@@H]1CC[C@]2(C(=O)On3nnc4ccccc43)CC[C@]3(C)[C@H](CC[C@@H]4[C@@]5(C)CC[C@H](OC(=O)C(C)(C)COC=O)C(C)(C)[C@@H]5CC[C@]43C)[C@@H]12. The molecule has 2 aromatic rings. The zero-order valence-corrected chi connectivity index (χ0v) is 54.2. The second-order valence-electron chi connectivity index (χ2n) is 33.7. The number of aliphatic carboxylic acids is 1. The topological polar surface area (TPSA) is 167 Å². The van der Waals surface area contributed by atoms with Crippen LogP contribution in [0.3, 0.4) is 0 Å². The molecule has 12 rings (SSSR count). The van der Waals surface area contributed by atoms with Gasteiger partial charge >= 0.3 is 17.9 Å². The summed E-state index contributed by atoms with van der Waals surface area (Å²) < 4.78 is 11.3. The molecule has 1 heterocycles. The van der Waals surface area contributed by atoms with Crippen molar-refractivity contribution in [2.24, 2.45) is 119 Å². The van der Waals surface area contributed by atoms with Gasteiger partial charge in [-0.25, -0.2) is 4.79 Å². The fourth-order valence-corrected chi connectivity index (χ4v) is 24.9. The molecule has 0 amide bonds. The molecule has 0 bridgehead atoms. The third kappa shape index (κ3) is 8.50. The van der Waals surface area contributed by atoms with Crippen LogP contribution in [0.15, 0.2) is 48.6 Å². The van der Waals surface area contributed by atoms with Gasteiger partial charge in [0.05, 0.1) is 22.3 Å². The fourth-order valence-electron chi connectivity index (χ4n) is 24.9. The lowest BCUT2D eigenvalue weighted by Crippen LogP contribution is -2.67. The maximum atomic E-state index is 14.6. The van der Waals surface area contributed by atoms with E-state index in [1.807, 2.05) is 24.3 Å². The smallest absolute Gasteiger partial charge is 0.341 e. The van der Waals surface area contributed by atoms with Crippen LogP contribution in [0.1, 0.15) is 225 Å². The Labute approximate surface area is 503 Å². The molecule has 20 atom stereocenters. The van der Waals surface area contributed by atoms with Crippen LogP contribution < -0.4 is 4.84 Å². The van der Waals surface area contributed by atoms with E-state index in [0.29, 0.717) is 58.9 Å². The van der Waals surface area contributed by atoms with Crippen LogP contribution in [0.4, 0.5) is 0 Å². The number of carbonyl (C=O) groups is 4. The highest BCUT2D eigenvalue weighted by Gasteiger charge is 2.75. The molecule has 10 aliphatic carbocycles. The normalized spacial score (nSPS) is 45.8. The Morgan fingerprint density at radius 3 is 1.69 bits per heavy atom. The molecular formula is C72H107N3O9. The van der Waals surface area contributed by atoms with Crippen molar-refractivity contribution in [2.45, 2.75) is 238 Å². The van der Waals surface area contributed by atoms with Crippen molar-refractivity contribution in [3.8, 4) is 0 Å². The van der Waals surface area contributed by atoms with Gasteiger partial charge in [0, 0.05) is 5.41 Å². The van der Waals surface area contributed by atoms with E-state index in [2.05, 4.69) is 107 Å². The second-order valence-corrected chi connectivity index (χ2v) is 33.7. The van der Waals surface area contributed by atoms with E-state index in [1.54, 1.807) is 13.8 Å². The van der Waals surface area contributed by atoms with Crippen LogP contribution in [0.2, 0.25) is 0 Å². The van der Waals surface area contributed by atoms with Gasteiger partial charge in [0.15, 0.2) is 0 Å². The summed E-state index contributed by atoms with van der Waals surface area (Å²) in [5, 5.41) is 29.8. The second kappa shape index (κ2) is 20.5. The van der Waals surface area contributed by atoms with Gasteiger partial charge in [-0.1, -0.05) is 111 Å². The predicted molar refractivity (Wildman–Crippen MR) is 326 cm³/mol. The average molecular weight is 1160 g/mol. The molecule has 0 spiro atoms. The van der Waals surface area contributed by atoms with Gasteiger partial charge in [0.25, 0.3) is 6.47 Å². The Kier molecular flexibility index (Phi) is 15.0. The highest BCUT2D eigenvalue weighted by Crippen LogP contribution is 2.80. The van der Waals surface area contributed by atoms with Gasteiger partial charge in [-0.05, 0) is 271 Å². The molecule has 84 heavy (non-hydrogen) atoms. The standard InChI is InChI=1S/C42H59N3O6.C30H48O3/c1-26(2)27-16-21-42(36(48)51-45-30-13-11-10-12-29(30)43-44-45)23-22-40(8)28(34(27)42)14-15-32-39(7)19-18-33(50-35(47)37(3,4)24-49-25-46)38(5,6)31(39)17-20-41(32,40)9;1-18(2)19-10-15-30(25(32)33)17-16-28(6)20(24(19)30)8-9-22-27(5)13-12-23(31)26(3,4)21(27)11-14-29(22,28)7/h10-13,25,27-28,31-34H,1,14-24H2,2-9H3;19-24,31H,1,8-17H2,2-7H3,(H,32,33)/t27-,28+,31-,32+,33-,34+,39-,40+,41+,42-;19-,20+,21-,22+,23-,24+,27-,28+,29+,30-/m00/s1. The predicted octanol–water partition coefficient (Wildman–Crippen LogP) is 15.2. The molecule has 464 valence electrons. The number of carboxylic acid groups (broad SMARTS) is 1. The summed E-state index contributed by atoms with van der Waals surface area (Å²) in [5.74, 6) is 3.12. The van der Waals surface area contributed by atoms with Crippen molar-refractivity contribution in [2.75, 3.05) is 6.61 Å². The van der Waals surface area contributed by atoms with E-state index in [1.165, 1.54) is 41.7 Å². The molecule has 0 aliphatic heterocycles. The Morgan fingerprint density at radius 1 is 0.631 bits per heavy atom. The van der Waals surface area contributed by atoms with Crippen LogP contribution in [0.5, 0.6) is 0 Å². The van der Waals surface area contributed by atoms with Crippen LogP contribution in [-0.2, 0) is 28.7 Å². The molecule has 12 heteroatoms. The number of allylic oxidation sites excluding steroid dienone is 2. The van der Waals surface area contributed by atoms with Gasteiger partial charge in [-0.15, -0.1) is 5.10 Å². The summed E-state index contributed by atoms with van der Waals surface area (Å²) in [7, 11) is 0. The van der Waals surface area contributed by atoms with Crippen LogP contribution in [0.25, 0.3) is 11.0 Å². The van der Waals surface area contributed by atoms with E-state index in [4.69, 9.17) is 14.3 Å². The molecule has 0 unspecified atom stereocenters. The monoisotopic (exact) mass is 1160 g/mol. The number of para-hydroxylation sites is 1. The van der Waals surface area contributed by atoms with E-state index < -0.39 is 22.2 Å². The summed E-state index contributed by atoms with van der Waals surface area (Å²) in [6, 6.07) is 7.61. The van der Waals surface area contributed by atoms with E-state index in [0.717, 1.165) is 103 Å². The van der Waals surface area contributed by atoms with Crippen molar-refractivity contribution in [1.82, 2.24) is 15.2 Å². The summed E-state index contributed by atoms with van der Waals surface area (Å²) in [5.41, 5.74) is 2.56. The first-order valence-electron chi connectivity index (χ1n) is 33.2. The Morgan fingerprint density at radius 2 is 1.14 bits per heavy atom. The van der Waals surface area contributed by atoms with Crippen molar-refractivity contribution in [3.05, 3.63) is 48.6 Å². The number of hydrogen-bond donors (Lipinski definition) is 2. The van der Waals surface area contributed by atoms with E-state index >= 15 is 0 Å². The maximum absolute atomic E-state index is 14.6. The third-order valence-corrected chi connectivity index (χ3v) is 29.7. The fraction of sp³-hybridized carbons (Fsp3) is 0.806. The highest BCUT2D eigenvalue weighted by molar-refractivity contribution is 5.80. The Hall–Kier alpha value is -4.06. The molecule has 1 aromatic carbocycles. The zero-order valence-electron chi connectivity index (χ0n) is 54.2. The molecule has 10 saturated carbocycles. The first-order chi connectivity index (χ1) is 39.2. The number of nitrogens with zero attached hydrogens (tertiary/aromatic N) is 3. The van der Waals surface area contributed by atoms with Crippen molar-refractivity contribution in [1.29, 1.82) is 0 Å². The molecule has 1 aromatic heterocycles. The minimum Gasteiger partial charge on any atom is -0.481 e. The van der Waals surface area contributed by atoms with E-state index in [-0.39, 0.29) is 91.8 Å². The molecule has 10 fully saturated rings. The number of esters is 1. The number of aromatic nitrogens is 3. The molecule has 2 N–H and O–H groups in total. The minimum atomic E-state index is -0.899. The van der Waals surface area contributed by atoms with Gasteiger partial charge < -0.3 is 24.5 Å². The number of aliphatic hydroxyl groups is 1. The van der Waals surface area contributed by atoms with Gasteiger partial charge in [0.1, 0.15) is 23.7 Å². The first kappa shape index (κ1) is 61.6. The quantitative estimate of drug-likeness (QED) is 0.101. The summed E-state index contributed by atoms with van der Waals surface area (Å²) in [4.78, 5) is 59.0. The maximum Gasteiger partial charge on any atom is 0.341 e. The largest absolute Gasteiger partial charge is 0.481 e.